The van der Waals surface area contributed by atoms with Gasteiger partial charge in [-0.05, 0) is 39.0 Å². The molecule has 0 aliphatic heterocycles. The third-order valence-electron chi connectivity index (χ3n) is 3.08. The molecule has 0 amide bonds. The summed E-state index contributed by atoms with van der Waals surface area (Å²) in [7, 11) is 0. The molecule has 0 radical (unpaired) electrons. The maximum Gasteiger partial charge on any atom is 0.191 e. The van der Waals surface area contributed by atoms with Gasteiger partial charge in [0.1, 0.15) is 0 Å². The molecule has 2 N–H and O–H groups in total. The van der Waals surface area contributed by atoms with Crippen molar-refractivity contribution in [2.75, 3.05) is 19.6 Å². The number of thiazole rings is 1. The average molecular weight is 438 g/mol. The van der Waals surface area contributed by atoms with E-state index in [2.05, 4.69) is 46.8 Å². The number of aliphatic imine (C=N–C) groups is 1. The lowest BCUT2D eigenvalue weighted by Crippen LogP contribution is -2.38. The molecule has 22 heavy (non-hydrogen) atoms. The molecule has 1 rings (SSSR count). The number of hydrogen-bond donors (Lipinski definition) is 2. The predicted molar refractivity (Wildman–Crippen MR) is 109 cm³/mol. The van der Waals surface area contributed by atoms with Gasteiger partial charge >= 0.3 is 0 Å². The fourth-order valence-electron chi connectivity index (χ4n) is 2.00. The summed E-state index contributed by atoms with van der Waals surface area (Å²) in [6.07, 6.45) is 4.53. The molecule has 0 unspecified atom stereocenters. The molecule has 1 aromatic rings. The van der Waals surface area contributed by atoms with Gasteiger partial charge in [0.05, 0.1) is 5.01 Å². The standard InChI is InChI=1S/C16H30N4S.HI/c1-5-17-16(18-10-6-8-13(2)3)19-11-7-9-15-20-14(4)12-21-15;/h12-13H,5-11H2,1-4H3,(H2,17,18,19);1H. The summed E-state index contributed by atoms with van der Waals surface area (Å²) in [5, 5.41) is 10.0. The van der Waals surface area contributed by atoms with Crippen LogP contribution in [0.3, 0.4) is 0 Å². The van der Waals surface area contributed by atoms with Crippen LogP contribution in [0.4, 0.5) is 0 Å². The molecule has 6 heteroatoms. The van der Waals surface area contributed by atoms with Crippen molar-refractivity contribution in [1.29, 1.82) is 0 Å². The van der Waals surface area contributed by atoms with E-state index < -0.39 is 0 Å². The highest BCUT2D eigenvalue weighted by atomic mass is 127. The third kappa shape index (κ3) is 10.4. The van der Waals surface area contributed by atoms with E-state index in [0.717, 1.165) is 50.0 Å². The van der Waals surface area contributed by atoms with Crippen LogP contribution in [-0.2, 0) is 6.42 Å². The highest BCUT2D eigenvalue weighted by molar-refractivity contribution is 14.0. The Balaban J connectivity index is 0.00000441. The average Bonchev–Trinajstić information content (AvgIpc) is 2.85. The van der Waals surface area contributed by atoms with Crippen molar-refractivity contribution in [2.45, 2.75) is 53.4 Å². The lowest BCUT2D eigenvalue weighted by molar-refractivity contribution is 0.549. The number of aryl methyl sites for hydroxylation is 2. The maximum atomic E-state index is 4.62. The maximum absolute atomic E-state index is 4.62. The summed E-state index contributed by atoms with van der Waals surface area (Å²) in [5.74, 6) is 1.71. The number of aromatic nitrogens is 1. The van der Waals surface area contributed by atoms with Gasteiger partial charge in [-0.3, -0.25) is 4.99 Å². The number of halogens is 1. The normalized spacial score (nSPS) is 11.4. The van der Waals surface area contributed by atoms with E-state index >= 15 is 0 Å². The van der Waals surface area contributed by atoms with Gasteiger partial charge in [0.15, 0.2) is 5.96 Å². The quantitative estimate of drug-likeness (QED) is 0.265. The first-order valence-corrected chi connectivity index (χ1v) is 8.93. The molecule has 0 saturated heterocycles. The van der Waals surface area contributed by atoms with Crippen molar-refractivity contribution in [2.24, 2.45) is 10.9 Å². The number of nitrogens with one attached hydrogen (secondary N) is 2. The Morgan fingerprint density at radius 3 is 2.68 bits per heavy atom. The topological polar surface area (TPSA) is 49.3 Å². The van der Waals surface area contributed by atoms with Crippen molar-refractivity contribution >= 4 is 41.3 Å². The van der Waals surface area contributed by atoms with Gasteiger partial charge in [0, 0.05) is 37.1 Å². The van der Waals surface area contributed by atoms with Crippen LogP contribution < -0.4 is 10.6 Å². The van der Waals surface area contributed by atoms with Crippen molar-refractivity contribution in [3.8, 4) is 0 Å². The fourth-order valence-corrected chi connectivity index (χ4v) is 2.82. The van der Waals surface area contributed by atoms with E-state index in [1.807, 2.05) is 6.92 Å². The van der Waals surface area contributed by atoms with Crippen LogP contribution in [-0.4, -0.2) is 30.6 Å². The Bertz CT molecular complexity index is 418. The molecule has 1 heterocycles. The monoisotopic (exact) mass is 438 g/mol. The summed E-state index contributed by atoms with van der Waals surface area (Å²) >= 11 is 1.75. The summed E-state index contributed by atoms with van der Waals surface area (Å²) in [6.45, 7) is 11.4. The molecule has 0 aliphatic rings. The first-order valence-electron chi connectivity index (χ1n) is 8.05. The fraction of sp³-hybridized carbons (Fsp3) is 0.750. The number of guanidine groups is 1. The van der Waals surface area contributed by atoms with Crippen LogP contribution in [0.5, 0.6) is 0 Å². The summed E-state index contributed by atoms with van der Waals surface area (Å²) in [6, 6.07) is 0. The van der Waals surface area contributed by atoms with Gasteiger partial charge in [0.25, 0.3) is 0 Å². The van der Waals surface area contributed by atoms with E-state index in [0.29, 0.717) is 0 Å². The second-order valence-corrected chi connectivity index (χ2v) is 6.65. The number of hydrogen-bond acceptors (Lipinski definition) is 3. The molecule has 0 aromatic carbocycles. The Kier molecular flexibility index (Phi) is 12.9. The zero-order chi connectivity index (χ0) is 15.5. The summed E-state index contributed by atoms with van der Waals surface area (Å²) in [4.78, 5) is 9.10. The van der Waals surface area contributed by atoms with Crippen LogP contribution in [0.2, 0.25) is 0 Å². The Morgan fingerprint density at radius 2 is 2.09 bits per heavy atom. The van der Waals surface area contributed by atoms with Crippen molar-refractivity contribution in [3.63, 3.8) is 0 Å². The molecule has 1 aromatic heterocycles. The minimum atomic E-state index is 0. The van der Waals surface area contributed by atoms with E-state index in [-0.39, 0.29) is 24.0 Å². The Labute approximate surface area is 156 Å². The third-order valence-corrected chi connectivity index (χ3v) is 4.11. The molecule has 0 bridgehead atoms. The van der Waals surface area contributed by atoms with Crippen molar-refractivity contribution in [3.05, 3.63) is 16.1 Å². The first-order chi connectivity index (χ1) is 10.1. The molecular weight excluding hydrogens is 407 g/mol. The van der Waals surface area contributed by atoms with Gasteiger partial charge in [-0.15, -0.1) is 35.3 Å². The van der Waals surface area contributed by atoms with Crippen LogP contribution in [0.1, 0.15) is 50.7 Å². The number of nitrogens with zero attached hydrogens (tertiary/aromatic N) is 2. The highest BCUT2D eigenvalue weighted by Gasteiger charge is 2.00. The van der Waals surface area contributed by atoms with Crippen LogP contribution in [0.15, 0.2) is 10.4 Å². The Morgan fingerprint density at radius 1 is 1.32 bits per heavy atom. The zero-order valence-electron chi connectivity index (χ0n) is 14.3. The van der Waals surface area contributed by atoms with Crippen molar-refractivity contribution < 1.29 is 0 Å². The molecule has 0 fully saturated rings. The van der Waals surface area contributed by atoms with Crippen LogP contribution in [0, 0.1) is 12.8 Å². The van der Waals surface area contributed by atoms with E-state index in [9.17, 15) is 0 Å². The largest absolute Gasteiger partial charge is 0.357 e. The van der Waals surface area contributed by atoms with E-state index in [4.69, 9.17) is 0 Å². The highest BCUT2D eigenvalue weighted by Crippen LogP contribution is 2.10. The number of rotatable bonds is 9. The van der Waals surface area contributed by atoms with E-state index in [1.54, 1.807) is 11.3 Å². The predicted octanol–water partition coefficient (Wildman–Crippen LogP) is 3.99. The second-order valence-electron chi connectivity index (χ2n) is 5.71. The SMILES string of the molecule is CCNC(=NCCCc1nc(C)cs1)NCCCC(C)C.I. The summed E-state index contributed by atoms with van der Waals surface area (Å²) in [5.41, 5.74) is 1.12. The molecule has 0 spiro atoms. The minimum Gasteiger partial charge on any atom is -0.357 e. The van der Waals surface area contributed by atoms with E-state index in [1.165, 1.54) is 17.8 Å². The Hall–Kier alpha value is -0.370. The van der Waals surface area contributed by atoms with Crippen molar-refractivity contribution in [1.82, 2.24) is 15.6 Å². The first kappa shape index (κ1) is 21.6. The van der Waals surface area contributed by atoms with Crippen LogP contribution in [0.25, 0.3) is 0 Å². The molecule has 0 atom stereocenters. The molecule has 4 nitrogen and oxygen atoms in total. The van der Waals surface area contributed by atoms with Gasteiger partial charge < -0.3 is 10.6 Å². The minimum absolute atomic E-state index is 0. The lowest BCUT2D eigenvalue weighted by atomic mass is 10.1. The van der Waals surface area contributed by atoms with Gasteiger partial charge in [-0.25, -0.2) is 4.98 Å². The molecule has 0 aliphatic carbocycles. The smallest absolute Gasteiger partial charge is 0.191 e. The molecular formula is C16H31IN4S. The lowest BCUT2D eigenvalue weighted by Gasteiger charge is -2.11. The van der Waals surface area contributed by atoms with Crippen LogP contribution >= 0.6 is 35.3 Å². The summed E-state index contributed by atoms with van der Waals surface area (Å²) < 4.78 is 0. The van der Waals surface area contributed by atoms with Gasteiger partial charge in [-0.2, -0.15) is 0 Å². The molecule has 0 saturated carbocycles. The second kappa shape index (κ2) is 13.1. The van der Waals surface area contributed by atoms with Gasteiger partial charge in [0.2, 0.25) is 0 Å². The van der Waals surface area contributed by atoms with Gasteiger partial charge in [-0.1, -0.05) is 13.8 Å². The molecule has 128 valence electrons. The zero-order valence-corrected chi connectivity index (χ0v) is 17.5.